The van der Waals surface area contributed by atoms with E-state index in [0.29, 0.717) is 6.54 Å². The van der Waals surface area contributed by atoms with Crippen LogP contribution in [0.1, 0.15) is 23.7 Å². The third kappa shape index (κ3) is 3.27. The minimum absolute atomic E-state index is 0.0979. The van der Waals surface area contributed by atoms with Crippen LogP contribution in [0.3, 0.4) is 0 Å². The Balaban J connectivity index is 2.81. The van der Waals surface area contributed by atoms with Crippen molar-refractivity contribution < 1.29 is 14.3 Å². The first-order valence-corrected chi connectivity index (χ1v) is 5.20. The Morgan fingerprint density at radius 1 is 1.56 bits per heavy atom. The Labute approximate surface area is 93.7 Å². The fraction of sp³-hybridized carbons (Fsp3) is 0.455. The quantitative estimate of drug-likeness (QED) is 0.764. The topological polar surface area (TPSA) is 53.4 Å². The Hall–Kier alpha value is -1.49. The van der Waals surface area contributed by atoms with Crippen molar-refractivity contribution in [3.05, 3.63) is 29.8 Å². The normalized spacial score (nSPS) is 10.2. The Bertz CT molecular complexity index is 352. The van der Waals surface area contributed by atoms with Crippen molar-refractivity contribution in [3.8, 4) is 0 Å². The van der Waals surface area contributed by atoms with Crippen LogP contribution in [0, 0.1) is 5.95 Å². The molecule has 0 radical (unpaired) electrons. The Morgan fingerprint density at radius 3 is 2.88 bits per heavy atom. The number of pyridine rings is 1. The first-order valence-electron chi connectivity index (χ1n) is 5.20. The molecule has 0 fully saturated rings. The molecule has 16 heavy (non-hydrogen) atoms. The van der Waals surface area contributed by atoms with Gasteiger partial charge in [0.05, 0.1) is 6.61 Å². The van der Waals surface area contributed by atoms with Crippen LogP contribution in [0.25, 0.3) is 0 Å². The molecular weight excluding hydrogens is 211 g/mol. The highest BCUT2D eigenvalue weighted by Gasteiger charge is 2.14. The van der Waals surface area contributed by atoms with Crippen LogP contribution in [0.2, 0.25) is 0 Å². The molecule has 0 atom stereocenters. The molecule has 1 amide bonds. The summed E-state index contributed by atoms with van der Waals surface area (Å²) in [6.45, 7) is 2.64. The number of carbonyl (C=O) groups is 1. The van der Waals surface area contributed by atoms with Gasteiger partial charge in [-0.2, -0.15) is 4.39 Å². The Morgan fingerprint density at radius 2 is 2.31 bits per heavy atom. The maximum Gasteiger partial charge on any atom is 0.254 e. The van der Waals surface area contributed by atoms with Gasteiger partial charge in [-0.1, -0.05) is 6.92 Å². The molecule has 0 aliphatic carbocycles. The van der Waals surface area contributed by atoms with Crippen LogP contribution in [-0.4, -0.2) is 40.6 Å². The van der Waals surface area contributed by atoms with Crippen molar-refractivity contribution in [2.24, 2.45) is 0 Å². The zero-order chi connectivity index (χ0) is 12.0. The minimum atomic E-state index is -0.675. The van der Waals surface area contributed by atoms with Gasteiger partial charge in [0, 0.05) is 30.9 Å². The lowest BCUT2D eigenvalue weighted by atomic mass is 10.2. The van der Waals surface area contributed by atoms with Crippen LogP contribution >= 0.6 is 0 Å². The van der Waals surface area contributed by atoms with E-state index in [1.54, 1.807) is 0 Å². The number of rotatable bonds is 5. The summed E-state index contributed by atoms with van der Waals surface area (Å²) >= 11 is 0. The molecule has 0 saturated heterocycles. The molecule has 1 heterocycles. The van der Waals surface area contributed by atoms with Crippen molar-refractivity contribution >= 4 is 5.91 Å². The molecular formula is C11H15FN2O2. The molecule has 0 spiro atoms. The van der Waals surface area contributed by atoms with Gasteiger partial charge in [-0.05, 0) is 12.5 Å². The van der Waals surface area contributed by atoms with E-state index in [1.165, 1.54) is 17.2 Å². The number of aliphatic hydroxyl groups is 1. The smallest absolute Gasteiger partial charge is 0.254 e. The molecule has 1 N–H and O–H groups in total. The second-order valence-electron chi connectivity index (χ2n) is 3.38. The maximum absolute atomic E-state index is 12.8. The van der Waals surface area contributed by atoms with E-state index < -0.39 is 5.95 Å². The molecule has 0 aliphatic rings. The fourth-order valence-electron chi connectivity index (χ4n) is 1.42. The van der Waals surface area contributed by atoms with Crippen molar-refractivity contribution in [2.45, 2.75) is 13.3 Å². The fourth-order valence-corrected chi connectivity index (χ4v) is 1.42. The zero-order valence-electron chi connectivity index (χ0n) is 9.19. The lowest BCUT2D eigenvalue weighted by Gasteiger charge is -2.20. The second-order valence-corrected chi connectivity index (χ2v) is 3.38. The van der Waals surface area contributed by atoms with Gasteiger partial charge in [0.15, 0.2) is 0 Å². The molecule has 88 valence electrons. The number of aromatic nitrogens is 1. The van der Waals surface area contributed by atoms with E-state index in [2.05, 4.69) is 4.98 Å². The van der Waals surface area contributed by atoms with Crippen LogP contribution in [0.15, 0.2) is 18.3 Å². The predicted octanol–water partition coefficient (Wildman–Crippen LogP) is 1.07. The number of hydrogen-bond donors (Lipinski definition) is 1. The van der Waals surface area contributed by atoms with Gasteiger partial charge in [0.25, 0.3) is 5.91 Å². The van der Waals surface area contributed by atoms with E-state index in [9.17, 15) is 9.18 Å². The lowest BCUT2D eigenvalue weighted by Crippen LogP contribution is -2.34. The highest BCUT2D eigenvalue weighted by molar-refractivity contribution is 5.94. The highest BCUT2D eigenvalue weighted by Crippen LogP contribution is 2.06. The van der Waals surface area contributed by atoms with Crippen molar-refractivity contribution in [3.63, 3.8) is 0 Å². The average molecular weight is 226 g/mol. The molecule has 0 saturated carbocycles. The third-order valence-corrected chi connectivity index (χ3v) is 2.12. The van der Waals surface area contributed by atoms with Gasteiger partial charge >= 0.3 is 0 Å². The van der Waals surface area contributed by atoms with Gasteiger partial charge in [-0.3, -0.25) is 4.79 Å². The van der Waals surface area contributed by atoms with E-state index in [-0.39, 0.29) is 24.6 Å². The molecule has 0 bridgehead atoms. The van der Waals surface area contributed by atoms with Crippen LogP contribution < -0.4 is 0 Å². The van der Waals surface area contributed by atoms with Crippen LogP contribution in [0.4, 0.5) is 4.39 Å². The summed E-state index contributed by atoms with van der Waals surface area (Å²) in [5.74, 6) is -0.955. The number of halogens is 1. The van der Waals surface area contributed by atoms with Gasteiger partial charge in [0.1, 0.15) is 0 Å². The van der Waals surface area contributed by atoms with Gasteiger partial charge in [-0.15, -0.1) is 0 Å². The maximum atomic E-state index is 12.8. The first kappa shape index (κ1) is 12.6. The summed E-state index contributed by atoms with van der Waals surface area (Å²) in [4.78, 5) is 16.8. The van der Waals surface area contributed by atoms with Gasteiger partial charge < -0.3 is 10.0 Å². The lowest BCUT2D eigenvalue weighted by molar-refractivity contribution is 0.0721. The van der Waals surface area contributed by atoms with E-state index in [0.717, 1.165) is 12.5 Å². The summed E-state index contributed by atoms with van der Waals surface area (Å²) in [6.07, 6.45) is 2.05. The molecule has 0 unspecified atom stereocenters. The number of nitrogens with zero attached hydrogens (tertiary/aromatic N) is 2. The summed E-state index contributed by atoms with van der Waals surface area (Å²) in [5.41, 5.74) is 0.259. The summed E-state index contributed by atoms with van der Waals surface area (Å²) in [7, 11) is 0. The van der Waals surface area contributed by atoms with Gasteiger partial charge in [0.2, 0.25) is 5.95 Å². The minimum Gasteiger partial charge on any atom is -0.395 e. The molecule has 0 aliphatic heterocycles. The van der Waals surface area contributed by atoms with Crippen molar-refractivity contribution in [2.75, 3.05) is 19.7 Å². The number of carbonyl (C=O) groups excluding carboxylic acids is 1. The molecule has 1 aromatic rings. The molecule has 4 nitrogen and oxygen atoms in total. The number of hydrogen-bond acceptors (Lipinski definition) is 3. The van der Waals surface area contributed by atoms with E-state index in [1.807, 2.05) is 6.92 Å². The first-order chi connectivity index (χ1) is 7.69. The van der Waals surface area contributed by atoms with Gasteiger partial charge in [-0.25, -0.2) is 4.98 Å². The largest absolute Gasteiger partial charge is 0.395 e. The summed E-state index contributed by atoms with van der Waals surface area (Å²) in [5, 5.41) is 8.83. The second kappa shape index (κ2) is 6.17. The van der Waals surface area contributed by atoms with E-state index in [4.69, 9.17) is 5.11 Å². The third-order valence-electron chi connectivity index (χ3n) is 2.12. The monoisotopic (exact) mass is 226 g/mol. The Kier molecular flexibility index (Phi) is 4.85. The van der Waals surface area contributed by atoms with Crippen molar-refractivity contribution in [1.29, 1.82) is 0 Å². The highest BCUT2D eigenvalue weighted by atomic mass is 19.1. The summed E-state index contributed by atoms with van der Waals surface area (Å²) in [6, 6.07) is 2.56. The molecule has 0 aromatic carbocycles. The number of aliphatic hydroxyl groups excluding tert-OH is 1. The molecule has 1 rings (SSSR count). The molecule has 5 heteroatoms. The SMILES string of the molecule is CCCN(CCO)C(=O)c1ccnc(F)c1. The number of amides is 1. The van der Waals surface area contributed by atoms with Crippen LogP contribution in [0.5, 0.6) is 0 Å². The predicted molar refractivity (Wildman–Crippen MR) is 57.5 cm³/mol. The van der Waals surface area contributed by atoms with Crippen molar-refractivity contribution in [1.82, 2.24) is 9.88 Å². The summed E-state index contributed by atoms with van der Waals surface area (Å²) < 4.78 is 12.8. The zero-order valence-corrected chi connectivity index (χ0v) is 9.19. The standard InChI is InChI=1S/C11H15FN2O2/c1-2-5-14(6-7-15)11(16)9-3-4-13-10(12)8-9/h3-4,8,15H,2,5-7H2,1H3. The van der Waals surface area contributed by atoms with Crippen LogP contribution in [-0.2, 0) is 0 Å². The average Bonchev–Trinajstić information content (AvgIpc) is 2.28. The molecule has 1 aromatic heterocycles. The van der Waals surface area contributed by atoms with E-state index >= 15 is 0 Å².